The van der Waals surface area contributed by atoms with Crippen LogP contribution in [0.5, 0.6) is 5.75 Å². The number of amides is 1. The molecule has 1 heterocycles. The minimum atomic E-state index is -1.71. The summed E-state index contributed by atoms with van der Waals surface area (Å²) < 4.78 is 5.10. The number of carbonyl (C=O) groups is 3. The van der Waals surface area contributed by atoms with Crippen LogP contribution in [0.15, 0.2) is 96.1 Å². The number of ether oxygens (including phenoxy) is 1. The maximum absolute atomic E-state index is 14.2. The van der Waals surface area contributed by atoms with E-state index < -0.39 is 23.1 Å². The predicted molar refractivity (Wildman–Crippen MR) is 127 cm³/mol. The van der Waals surface area contributed by atoms with Gasteiger partial charge in [-0.15, -0.1) is 0 Å². The third-order valence-electron chi connectivity index (χ3n) is 6.50. The predicted octanol–water partition coefficient (Wildman–Crippen LogP) is 4.06. The highest BCUT2D eigenvalue weighted by Crippen LogP contribution is 2.57. The number of phenols is 1. The smallest absolute Gasteiger partial charge is 0.335 e. The van der Waals surface area contributed by atoms with Crippen LogP contribution in [0.25, 0.3) is 5.57 Å². The zero-order valence-corrected chi connectivity index (χ0v) is 18.6. The number of hydrogen-bond acceptors (Lipinski definition) is 5. The summed E-state index contributed by atoms with van der Waals surface area (Å²) in [5.74, 6) is -1.88. The lowest BCUT2D eigenvalue weighted by Gasteiger charge is -2.29. The molecular formula is C28H21NO5. The molecule has 0 saturated heterocycles. The minimum absolute atomic E-state index is 0.0460. The Bertz CT molecular complexity index is 1420. The van der Waals surface area contributed by atoms with Crippen molar-refractivity contribution in [2.75, 3.05) is 19.1 Å². The fraction of sp³-hybridized carbons (Fsp3) is 0.107. The van der Waals surface area contributed by atoms with E-state index in [-0.39, 0.29) is 22.5 Å². The van der Waals surface area contributed by atoms with Crippen molar-refractivity contribution in [3.8, 4) is 5.75 Å². The molecule has 1 spiro atoms. The molecule has 3 aromatic carbocycles. The third-order valence-corrected chi connectivity index (χ3v) is 6.50. The molecule has 1 amide bonds. The molecule has 2 aliphatic rings. The molecule has 0 saturated carbocycles. The molecule has 5 rings (SSSR count). The number of anilines is 1. The van der Waals surface area contributed by atoms with Crippen molar-refractivity contribution in [1.82, 2.24) is 0 Å². The largest absolute Gasteiger partial charge is 0.507 e. The highest BCUT2D eigenvalue weighted by molar-refractivity contribution is 6.30. The van der Waals surface area contributed by atoms with Crippen molar-refractivity contribution >= 4 is 28.9 Å². The van der Waals surface area contributed by atoms with Crippen LogP contribution in [0.2, 0.25) is 0 Å². The Balaban J connectivity index is 1.91. The summed E-state index contributed by atoms with van der Waals surface area (Å²) in [6, 6.07) is 22.4. The van der Waals surface area contributed by atoms with E-state index in [4.69, 9.17) is 4.74 Å². The number of nitrogens with zero attached hydrogens (tertiary/aromatic N) is 1. The lowest BCUT2D eigenvalue weighted by atomic mass is 9.69. The van der Waals surface area contributed by atoms with Crippen molar-refractivity contribution in [2.45, 2.75) is 5.41 Å². The molecule has 0 bridgehead atoms. The first kappa shape index (κ1) is 21.4. The van der Waals surface area contributed by atoms with Crippen molar-refractivity contribution in [1.29, 1.82) is 0 Å². The average Bonchev–Trinajstić information content (AvgIpc) is 3.34. The molecule has 0 unspecified atom stereocenters. The first-order chi connectivity index (χ1) is 16.4. The summed E-state index contributed by atoms with van der Waals surface area (Å²) in [6.07, 6.45) is 1.57. The second kappa shape index (κ2) is 7.85. The van der Waals surface area contributed by atoms with E-state index in [1.807, 2.05) is 30.3 Å². The van der Waals surface area contributed by atoms with Crippen molar-refractivity contribution in [2.24, 2.45) is 0 Å². The summed E-state index contributed by atoms with van der Waals surface area (Å²) >= 11 is 0. The monoisotopic (exact) mass is 451 g/mol. The molecule has 1 atom stereocenters. The Morgan fingerprint density at radius 1 is 0.912 bits per heavy atom. The number of Topliss-reactive ketones (excluding diaryl/α,β-unsaturated/α-hetero) is 1. The van der Waals surface area contributed by atoms with Crippen LogP contribution in [-0.4, -0.2) is 36.9 Å². The second-order valence-electron chi connectivity index (χ2n) is 8.18. The van der Waals surface area contributed by atoms with Gasteiger partial charge in [0.1, 0.15) is 11.2 Å². The summed E-state index contributed by atoms with van der Waals surface area (Å²) in [6.45, 7) is 0. The van der Waals surface area contributed by atoms with Gasteiger partial charge in [0, 0.05) is 23.9 Å². The number of methoxy groups -OCH3 is 1. The number of aromatic hydroxyl groups is 1. The fourth-order valence-electron chi connectivity index (χ4n) is 4.98. The zero-order chi connectivity index (χ0) is 24.0. The standard InChI is InChI=1S/C28H21NO5/c1-29-22-14-8-7-13-20(22)28(27(29)33)21(26(32)34-2)16-19(17-10-4-3-5-11-17)24(28)25(31)18-12-6-9-15-23(18)30/h3-16,30H,1-2H3/t28-/m0/s1. The van der Waals surface area contributed by atoms with Crippen molar-refractivity contribution in [3.05, 3.63) is 113 Å². The molecule has 34 heavy (non-hydrogen) atoms. The van der Waals surface area contributed by atoms with Gasteiger partial charge < -0.3 is 14.7 Å². The topological polar surface area (TPSA) is 83.9 Å². The van der Waals surface area contributed by atoms with Crippen LogP contribution >= 0.6 is 0 Å². The van der Waals surface area contributed by atoms with Gasteiger partial charge in [0.05, 0.1) is 18.2 Å². The molecule has 6 nitrogen and oxygen atoms in total. The van der Waals surface area contributed by atoms with E-state index in [1.54, 1.807) is 49.5 Å². The van der Waals surface area contributed by atoms with Crippen LogP contribution in [0.1, 0.15) is 21.5 Å². The molecule has 6 heteroatoms. The Labute approximate surface area is 196 Å². The van der Waals surface area contributed by atoms with E-state index in [0.29, 0.717) is 22.4 Å². The third kappa shape index (κ3) is 2.78. The number of rotatable bonds is 4. The summed E-state index contributed by atoms with van der Waals surface area (Å²) in [5.41, 5.74) is 0.736. The quantitative estimate of drug-likeness (QED) is 0.478. The molecule has 3 aromatic rings. The maximum atomic E-state index is 14.2. The number of benzene rings is 3. The minimum Gasteiger partial charge on any atom is -0.507 e. The van der Waals surface area contributed by atoms with Gasteiger partial charge in [-0.3, -0.25) is 9.59 Å². The van der Waals surface area contributed by atoms with Crippen LogP contribution in [-0.2, 0) is 19.7 Å². The van der Waals surface area contributed by atoms with Gasteiger partial charge in [-0.25, -0.2) is 4.79 Å². The van der Waals surface area contributed by atoms with Gasteiger partial charge in [-0.05, 0) is 35.4 Å². The van der Waals surface area contributed by atoms with Gasteiger partial charge >= 0.3 is 5.97 Å². The Kier molecular flexibility index (Phi) is 4.94. The van der Waals surface area contributed by atoms with E-state index in [9.17, 15) is 19.5 Å². The molecular weight excluding hydrogens is 430 g/mol. The lowest BCUT2D eigenvalue weighted by Crippen LogP contribution is -2.44. The van der Waals surface area contributed by atoms with Crippen molar-refractivity contribution < 1.29 is 24.2 Å². The van der Waals surface area contributed by atoms with Gasteiger partial charge in [0.2, 0.25) is 5.91 Å². The summed E-state index contributed by atoms with van der Waals surface area (Å²) in [7, 11) is 2.87. The molecule has 168 valence electrons. The number of carbonyl (C=O) groups excluding carboxylic acids is 3. The lowest BCUT2D eigenvalue weighted by molar-refractivity contribution is -0.138. The Morgan fingerprint density at radius 2 is 1.56 bits per heavy atom. The molecule has 0 fully saturated rings. The molecule has 0 radical (unpaired) electrons. The maximum Gasteiger partial charge on any atom is 0.335 e. The molecule has 1 aliphatic heterocycles. The van der Waals surface area contributed by atoms with E-state index in [1.165, 1.54) is 24.1 Å². The van der Waals surface area contributed by atoms with Crippen LogP contribution < -0.4 is 4.90 Å². The average molecular weight is 451 g/mol. The van der Waals surface area contributed by atoms with Gasteiger partial charge in [-0.2, -0.15) is 0 Å². The normalized spacial score (nSPS) is 18.8. The number of fused-ring (bicyclic) bond motifs is 2. The van der Waals surface area contributed by atoms with Crippen molar-refractivity contribution in [3.63, 3.8) is 0 Å². The van der Waals surface area contributed by atoms with E-state index in [0.717, 1.165) is 0 Å². The summed E-state index contributed by atoms with van der Waals surface area (Å²) in [5, 5.41) is 10.5. The molecule has 1 aliphatic carbocycles. The Morgan fingerprint density at radius 3 is 2.26 bits per heavy atom. The van der Waals surface area contributed by atoms with E-state index >= 15 is 0 Å². The number of hydrogen-bond donors (Lipinski definition) is 1. The van der Waals surface area contributed by atoms with E-state index in [2.05, 4.69) is 0 Å². The fourth-order valence-corrected chi connectivity index (χ4v) is 4.98. The van der Waals surface area contributed by atoms with Crippen LogP contribution in [0.4, 0.5) is 5.69 Å². The molecule has 0 aromatic heterocycles. The number of para-hydroxylation sites is 2. The van der Waals surface area contributed by atoms with Gasteiger partial charge in [0.15, 0.2) is 5.78 Å². The molecule has 1 N–H and O–H groups in total. The number of phenolic OH excluding ortho intramolecular Hbond substituents is 1. The SMILES string of the molecule is COC(=O)C1=CC(c2ccccc2)=C(C(=O)c2ccccc2O)[C@@]12C(=O)N(C)c1ccccc12. The first-order valence-electron chi connectivity index (χ1n) is 10.7. The number of ketones is 1. The Hall–Kier alpha value is -4.45. The summed E-state index contributed by atoms with van der Waals surface area (Å²) in [4.78, 5) is 42.8. The first-order valence-corrected chi connectivity index (χ1v) is 10.7. The highest BCUT2D eigenvalue weighted by atomic mass is 16.5. The van der Waals surface area contributed by atoms with Crippen LogP contribution in [0, 0.1) is 0 Å². The highest BCUT2D eigenvalue weighted by Gasteiger charge is 2.61. The van der Waals surface area contributed by atoms with Gasteiger partial charge in [0.25, 0.3) is 0 Å². The number of allylic oxidation sites excluding steroid dienone is 2. The number of esters is 1. The van der Waals surface area contributed by atoms with Crippen LogP contribution in [0.3, 0.4) is 0 Å². The zero-order valence-electron chi connectivity index (χ0n) is 18.6. The van der Waals surface area contributed by atoms with Gasteiger partial charge in [-0.1, -0.05) is 60.7 Å². The number of likely N-dealkylation sites (N-methyl/N-ethyl adjacent to an activating group) is 1. The second-order valence-corrected chi connectivity index (χ2v) is 8.18.